The quantitative estimate of drug-likeness (QED) is 0.420. The Kier molecular flexibility index (Phi) is 7.23. The van der Waals surface area contributed by atoms with Crippen LogP contribution in [0.3, 0.4) is 0 Å². The number of aryl methyl sites for hydroxylation is 1. The predicted octanol–water partition coefficient (Wildman–Crippen LogP) is 3.96. The lowest BCUT2D eigenvalue weighted by atomic mass is 9.90. The Morgan fingerprint density at radius 2 is 1.54 bits per heavy atom. The molecule has 1 amide bonds. The summed E-state index contributed by atoms with van der Waals surface area (Å²) in [6.45, 7) is 1.11. The molecule has 3 heterocycles. The van der Waals surface area contributed by atoms with E-state index in [0.29, 0.717) is 38.8 Å². The van der Waals surface area contributed by atoms with Gasteiger partial charge in [0.1, 0.15) is 6.33 Å². The van der Waals surface area contributed by atoms with Crippen molar-refractivity contribution in [2.24, 2.45) is 0 Å². The topological polar surface area (TPSA) is 88.3 Å². The molecule has 2 aromatic carbocycles. The molecule has 4 aromatic rings. The van der Waals surface area contributed by atoms with Crippen molar-refractivity contribution >= 4 is 5.91 Å². The molecule has 37 heavy (non-hydrogen) atoms. The molecule has 0 unspecified atom stereocenters. The third-order valence-corrected chi connectivity index (χ3v) is 7.06. The van der Waals surface area contributed by atoms with E-state index in [2.05, 4.69) is 9.97 Å². The van der Waals surface area contributed by atoms with E-state index in [1.165, 1.54) is 6.33 Å². The van der Waals surface area contributed by atoms with Gasteiger partial charge in [-0.3, -0.25) is 9.59 Å². The number of rotatable bonds is 7. The van der Waals surface area contributed by atoms with E-state index in [9.17, 15) is 14.7 Å². The van der Waals surface area contributed by atoms with Crippen LogP contribution < -0.4 is 5.56 Å². The van der Waals surface area contributed by atoms with Gasteiger partial charge in [0.05, 0.1) is 12.1 Å². The average Bonchev–Trinajstić information content (AvgIpc) is 2.94. The highest BCUT2D eigenvalue weighted by Gasteiger charge is 2.34. The smallest absolute Gasteiger partial charge is 0.251 e. The van der Waals surface area contributed by atoms with E-state index < -0.39 is 5.60 Å². The van der Waals surface area contributed by atoms with E-state index in [1.54, 1.807) is 29.2 Å². The van der Waals surface area contributed by atoms with Crippen molar-refractivity contribution in [2.75, 3.05) is 13.1 Å². The monoisotopic (exact) mass is 494 g/mol. The maximum Gasteiger partial charge on any atom is 0.251 e. The molecule has 1 aliphatic rings. The molecule has 5 rings (SSSR count). The minimum absolute atomic E-state index is 0.0987. The number of aliphatic hydroxyl groups is 1. The molecular formula is C30H30N4O3. The van der Waals surface area contributed by atoms with Gasteiger partial charge in [0, 0.05) is 55.3 Å². The van der Waals surface area contributed by atoms with Gasteiger partial charge in [0.15, 0.2) is 0 Å². The fourth-order valence-electron chi connectivity index (χ4n) is 4.92. The minimum atomic E-state index is -1.07. The lowest BCUT2D eigenvalue weighted by molar-refractivity contribution is -0.135. The van der Waals surface area contributed by atoms with Gasteiger partial charge >= 0.3 is 0 Å². The van der Waals surface area contributed by atoms with Gasteiger partial charge in [-0.2, -0.15) is 0 Å². The molecule has 0 radical (unpaired) electrons. The Labute approximate surface area is 216 Å². The lowest BCUT2D eigenvalue weighted by Crippen LogP contribution is -2.49. The summed E-state index contributed by atoms with van der Waals surface area (Å²) in [6.07, 6.45) is 8.69. The van der Waals surface area contributed by atoms with Crippen LogP contribution in [0.4, 0.5) is 0 Å². The SMILES string of the molecule is O=C(CCc1ccccc1)N1CCC(O)(Cn2cc(-c3cncnc3)c(-c3ccccc3)cc2=O)CC1. The maximum absolute atomic E-state index is 13.2. The van der Waals surface area contributed by atoms with Crippen LogP contribution in [-0.4, -0.2) is 49.1 Å². The standard InChI is InChI=1S/C30H30N4O3/c35-28(12-11-23-7-3-1-4-8-23)33-15-13-30(37,14-16-33)21-34-20-27(25-18-31-22-32-19-25)26(17-29(34)36)24-9-5-2-6-10-24/h1-10,17-20,22,37H,11-16,21H2. The summed E-state index contributed by atoms with van der Waals surface area (Å²) >= 11 is 0. The zero-order valence-electron chi connectivity index (χ0n) is 20.7. The number of hydrogen-bond acceptors (Lipinski definition) is 5. The van der Waals surface area contributed by atoms with Crippen molar-refractivity contribution in [3.63, 3.8) is 0 Å². The van der Waals surface area contributed by atoms with Gasteiger partial charge in [-0.25, -0.2) is 9.97 Å². The van der Waals surface area contributed by atoms with Crippen LogP contribution >= 0.6 is 0 Å². The first-order valence-electron chi connectivity index (χ1n) is 12.6. The minimum Gasteiger partial charge on any atom is -0.388 e. The highest BCUT2D eigenvalue weighted by atomic mass is 16.3. The number of pyridine rings is 1. The summed E-state index contributed by atoms with van der Waals surface area (Å²) in [5.41, 5.74) is 3.22. The summed E-state index contributed by atoms with van der Waals surface area (Å²) in [5.74, 6) is 0.0987. The molecule has 188 valence electrons. The Morgan fingerprint density at radius 1 is 0.892 bits per heavy atom. The maximum atomic E-state index is 13.2. The molecule has 1 fully saturated rings. The molecule has 0 atom stereocenters. The Bertz CT molecular complexity index is 1400. The Hall–Kier alpha value is -4.10. The van der Waals surface area contributed by atoms with Gasteiger partial charge in [0.25, 0.3) is 5.56 Å². The first-order chi connectivity index (χ1) is 18.0. The number of benzene rings is 2. The molecule has 1 N–H and O–H groups in total. The highest BCUT2D eigenvalue weighted by molar-refractivity contribution is 5.82. The van der Waals surface area contributed by atoms with Crippen LogP contribution in [0.1, 0.15) is 24.8 Å². The Balaban J connectivity index is 1.31. The third-order valence-electron chi connectivity index (χ3n) is 7.06. The van der Waals surface area contributed by atoms with E-state index in [1.807, 2.05) is 65.6 Å². The molecule has 2 aromatic heterocycles. The summed E-state index contributed by atoms with van der Waals surface area (Å²) in [5, 5.41) is 11.4. The van der Waals surface area contributed by atoms with Crippen molar-refractivity contribution in [2.45, 2.75) is 37.8 Å². The van der Waals surface area contributed by atoms with Crippen LogP contribution in [0, 0.1) is 0 Å². The first kappa shape index (κ1) is 24.6. The molecule has 7 nitrogen and oxygen atoms in total. The molecule has 0 spiro atoms. The molecule has 7 heteroatoms. The predicted molar refractivity (Wildman–Crippen MR) is 143 cm³/mol. The summed E-state index contributed by atoms with van der Waals surface area (Å²) in [7, 11) is 0. The third kappa shape index (κ3) is 5.84. The second kappa shape index (κ2) is 10.9. The van der Waals surface area contributed by atoms with Gasteiger partial charge in [-0.1, -0.05) is 60.7 Å². The van der Waals surface area contributed by atoms with E-state index >= 15 is 0 Å². The lowest BCUT2D eigenvalue weighted by Gasteiger charge is -2.38. The number of piperidine rings is 1. The first-order valence-corrected chi connectivity index (χ1v) is 12.6. The molecular weight excluding hydrogens is 464 g/mol. The normalized spacial score (nSPS) is 14.9. The number of nitrogens with zero attached hydrogens (tertiary/aromatic N) is 4. The molecule has 0 bridgehead atoms. The number of carbonyl (C=O) groups excluding carboxylic acids is 1. The average molecular weight is 495 g/mol. The molecule has 1 aliphatic heterocycles. The van der Waals surface area contributed by atoms with Crippen LogP contribution in [0.5, 0.6) is 0 Å². The summed E-state index contributed by atoms with van der Waals surface area (Å²) < 4.78 is 1.57. The second-order valence-electron chi connectivity index (χ2n) is 9.65. The van der Waals surface area contributed by atoms with Crippen LogP contribution in [0.15, 0.2) is 96.4 Å². The number of carbonyl (C=O) groups is 1. The van der Waals surface area contributed by atoms with E-state index in [-0.39, 0.29) is 18.0 Å². The zero-order valence-corrected chi connectivity index (χ0v) is 20.7. The number of amides is 1. The highest BCUT2D eigenvalue weighted by Crippen LogP contribution is 2.31. The molecule has 0 saturated carbocycles. The van der Waals surface area contributed by atoms with Crippen LogP contribution in [0.2, 0.25) is 0 Å². The molecule has 1 saturated heterocycles. The van der Waals surface area contributed by atoms with Crippen molar-refractivity contribution in [3.8, 4) is 22.3 Å². The Morgan fingerprint density at radius 3 is 2.22 bits per heavy atom. The number of hydrogen-bond donors (Lipinski definition) is 1. The second-order valence-corrected chi connectivity index (χ2v) is 9.65. The molecule has 0 aliphatic carbocycles. The van der Waals surface area contributed by atoms with Crippen LogP contribution in [0.25, 0.3) is 22.3 Å². The fraction of sp³-hybridized carbons (Fsp3) is 0.267. The van der Waals surface area contributed by atoms with Crippen molar-refractivity contribution in [1.29, 1.82) is 0 Å². The summed E-state index contributed by atoms with van der Waals surface area (Å²) in [4.78, 5) is 36.0. The van der Waals surface area contributed by atoms with Gasteiger partial charge in [-0.05, 0) is 36.0 Å². The van der Waals surface area contributed by atoms with Crippen molar-refractivity contribution in [3.05, 3.63) is 108 Å². The van der Waals surface area contributed by atoms with Gasteiger partial charge < -0.3 is 14.6 Å². The zero-order chi connectivity index (χ0) is 25.7. The van der Waals surface area contributed by atoms with Gasteiger partial charge in [-0.15, -0.1) is 0 Å². The summed E-state index contributed by atoms with van der Waals surface area (Å²) in [6, 6.07) is 21.3. The van der Waals surface area contributed by atoms with E-state index in [4.69, 9.17) is 0 Å². The number of aromatic nitrogens is 3. The largest absolute Gasteiger partial charge is 0.388 e. The van der Waals surface area contributed by atoms with Crippen molar-refractivity contribution in [1.82, 2.24) is 19.4 Å². The van der Waals surface area contributed by atoms with E-state index in [0.717, 1.165) is 27.8 Å². The van der Waals surface area contributed by atoms with Crippen LogP contribution in [-0.2, 0) is 17.8 Å². The van der Waals surface area contributed by atoms with Crippen molar-refractivity contribution < 1.29 is 9.90 Å². The number of likely N-dealkylation sites (tertiary alicyclic amines) is 1. The fourth-order valence-corrected chi connectivity index (χ4v) is 4.92. The van der Waals surface area contributed by atoms with Gasteiger partial charge in [0.2, 0.25) is 5.91 Å².